The Labute approximate surface area is 86.5 Å². The fraction of sp³-hybridized carbons (Fsp3) is 0.727. The van der Waals surface area contributed by atoms with Crippen molar-refractivity contribution in [2.24, 2.45) is 5.41 Å². The van der Waals surface area contributed by atoms with Gasteiger partial charge in [-0.25, -0.2) is 0 Å². The van der Waals surface area contributed by atoms with Gasteiger partial charge in [0.15, 0.2) is 0 Å². The van der Waals surface area contributed by atoms with Crippen LogP contribution in [0.5, 0.6) is 0 Å². The molecule has 0 saturated carbocycles. The van der Waals surface area contributed by atoms with Crippen molar-refractivity contribution in [1.29, 1.82) is 0 Å². The molecule has 0 fully saturated rings. The minimum atomic E-state index is 0.248. The van der Waals surface area contributed by atoms with E-state index in [9.17, 15) is 0 Å². The Morgan fingerprint density at radius 3 is 2.50 bits per heavy atom. The first-order valence-corrected chi connectivity index (χ1v) is 5.10. The summed E-state index contributed by atoms with van der Waals surface area (Å²) in [6, 6.07) is 2.12. The molecule has 0 aliphatic heterocycles. The lowest BCUT2D eigenvalue weighted by Gasteiger charge is -2.24. The summed E-state index contributed by atoms with van der Waals surface area (Å²) in [5.74, 6) is 0. The molecule has 0 aromatic carbocycles. The number of hydrogen-bond donors (Lipinski definition) is 1. The Balaban J connectivity index is 2.72. The van der Waals surface area contributed by atoms with Crippen LogP contribution >= 0.6 is 0 Å². The number of nitrogens with one attached hydrogen (secondary N) is 1. The molecule has 0 radical (unpaired) electrons. The van der Waals surface area contributed by atoms with E-state index in [0.29, 0.717) is 0 Å². The average molecular weight is 195 g/mol. The lowest BCUT2D eigenvalue weighted by molar-refractivity contribution is 0.280. The molecule has 14 heavy (non-hydrogen) atoms. The third kappa shape index (κ3) is 2.84. The predicted octanol–water partition coefficient (Wildman–Crippen LogP) is 1.75. The van der Waals surface area contributed by atoms with Crippen molar-refractivity contribution in [3.05, 3.63) is 17.5 Å². The quantitative estimate of drug-likeness (QED) is 0.793. The van der Waals surface area contributed by atoms with Crippen molar-refractivity contribution in [3.8, 4) is 0 Å². The smallest absolute Gasteiger partial charge is 0.0596 e. The Morgan fingerprint density at radius 1 is 1.43 bits per heavy atom. The van der Waals surface area contributed by atoms with E-state index in [1.54, 1.807) is 0 Å². The molecule has 1 heterocycles. The van der Waals surface area contributed by atoms with E-state index in [2.05, 4.69) is 41.9 Å². The van der Waals surface area contributed by atoms with Gasteiger partial charge < -0.3 is 5.32 Å². The van der Waals surface area contributed by atoms with Gasteiger partial charge in [0.05, 0.1) is 5.69 Å². The molecule has 3 nitrogen and oxygen atoms in total. The maximum absolute atomic E-state index is 4.47. The minimum absolute atomic E-state index is 0.248. The van der Waals surface area contributed by atoms with Crippen LogP contribution < -0.4 is 5.32 Å². The van der Waals surface area contributed by atoms with Crippen molar-refractivity contribution in [3.63, 3.8) is 0 Å². The lowest BCUT2D eigenvalue weighted by Crippen LogP contribution is -2.31. The fourth-order valence-electron chi connectivity index (χ4n) is 1.77. The fourth-order valence-corrected chi connectivity index (χ4v) is 1.77. The largest absolute Gasteiger partial charge is 0.319 e. The Kier molecular flexibility index (Phi) is 3.32. The van der Waals surface area contributed by atoms with Crippen molar-refractivity contribution in [2.75, 3.05) is 13.6 Å². The van der Waals surface area contributed by atoms with Gasteiger partial charge in [-0.05, 0) is 32.4 Å². The topological polar surface area (TPSA) is 29.9 Å². The summed E-state index contributed by atoms with van der Waals surface area (Å²) in [5, 5.41) is 7.68. The number of aromatic nitrogens is 2. The van der Waals surface area contributed by atoms with Crippen LogP contribution in [-0.2, 0) is 6.54 Å². The van der Waals surface area contributed by atoms with Crippen LogP contribution in [-0.4, -0.2) is 23.4 Å². The summed E-state index contributed by atoms with van der Waals surface area (Å²) in [6.07, 6.45) is 0. The molecule has 80 valence electrons. The van der Waals surface area contributed by atoms with Crippen molar-refractivity contribution in [2.45, 2.75) is 34.2 Å². The molecular weight excluding hydrogens is 174 g/mol. The number of hydrogen-bond acceptors (Lipinski definition) is 2. The Morgan fingerprint density at radius 2 is 2.07 bits per heavy atom. The van der Waals surface area contributed by atoms with Crippen molar-refractivity contribution in [1.82, 2.24) is 15.1 Å². The van der Waals surface area contributed by atoms with Gasteiger partial charge in [-0.15, -0.1) is 0 Å². The highest BCUT2D eigenvalue weighted by Crippen LogP contribution is 2.17. The van der Waals surface area contributed by atoms with Gasteiger partial charge in [-0.2, -0.15) is 5.10 Å². The van der Waals surface area contributed by atoms with Crippen LogP contribution in [0.3, 0.4) is 0 Å². The summed E-state index contributed by atoms with van der Waals surface area (Å²) >= 11 is 0. The zero-order valence-corrected chi connectivity index (χ0v) is 9.89. The van der Waals surface area contributed by atoms with E-state index in [1.165, 1.54) is 5.69 Å². The zero-order chi connectivity index (χ0) is 10.8. The maximum atomic E-state index is 4.47. The van der Waals surface area contributed by atoms with E-state index >= 15 is 0 Å². The van der Waals surface area contributed by atoms with E-state index in [4.69, 9.17) is 0 Å². The second-order valence-electron chi connectivity index (χ2n) is 4.78. The van der Waals surface area contributed by atoms with Gasteiger partial charge >= 0.3 is 0 Å². The van der Waals surface area contributed by atoms with Crippen molar-refractivity contribution >= 4 is 0 Å². The molecule has 1 N–H and O–H groups in total. The molecule has 3 heteroatoms. The maximum Gasteiger partial charge on any atom is 0.0596 e. The van der Waals surface area contributed by atoms with Gasteiger partial charge in [0.25, 0.3) is 0 Å². The van der Waals surface area contributed by atoms with E-state index in [0.717, 1.165) is 18.8 Å². The molecule has 1 rings (SSSR count). The zero-order valence-electron chi connectivity index (χ0n) is 9.89. The Bertz CT molecular complexity index is 299. The van der Waals surface area contributed by atoms with Crippen LogP contribution in [0.15, 0.2) is 6.07 Å². The highest BCUT2D eigenvalue weighted by Gasteiger charge is 2.18. The first-order valence-electron chi connectivity index (χ1n) is 5.10. The number of nitrogens with zero attached hydrogens (tertiary/aromatic N) is 2. The van der Waals surface area contributed by atoms with Gasteiger partial charge in [-0.1, -0.05) is 13.8 Å². The first-order chi connectivity index (χ1) is 6.44. The molecule has 0 unspecified atom stereocenters. The van der Waals surface area contributed by atoms with Crippen molar-refractivity contribution < 1.29 is 0 Å². The van der Waals surface area contributed by atoms with Gasteiger partial charge in [0, 0.05) is 18.8 Å². The highest BCUT2D eigenvalue weighted by molar-refractivity contribution is 5.06. The molecule has 1 aromatic heterocycles. The summed E-state index contributed by atoms with van der Waals surface area (Å²) < 4.78 is 2.09. The van der Waals surface area contributed by atoms with Crippen LogP contribution in [0, 0.1) is 19.3 Å². The number of aryl methyl sites for hydroxylation is 2. The normalized spacial score (nSPS) is 12.1. The standard InChI is InChI=1S/C11H21N3/c1-9-6-10(2)14(13-9)8-11(3,4)7-12-5/h6,12H,7-8H2,1-5H3. The number of rotatable bonds is 4. The van der Waals surface area contributed by atoms with E-state index in [1.807, 2.05) is 14.0 Å². The third-order valence-corrected chi connectivity index (χ3v) is 2.34. The van der Waals surface area contributed by atoms with Gasteiger partial charge in [0.1, 0.15) is 0 Å². The van der Waals surface area contributed by atoms with Gasteiger partial charge in [0.2, 0.25) is 0 Å². The molecule has 0 amide bonds. The summed E-state index contributed by atoms with van der Waals surface area (Å²) in [4.78, 5) is 0. The SMILES string of the molecule is CNCC(C)(C)Cn1nc(C)cc1C. The monoisotopic (exact) mass is 195 g/mol. The Hall–Kier alpha value is -0.830. The average Bonchev–Trinajstić information content (AvgIpc) is 2.28. The molecule has 1 aromatic rings. The molecule has 0 saturated heterocycles. The van der Waals surface area contributed by atoms with E-state index < -0.39 is 0 Å². The second-order valence-corrected chi connectivity index (χ2v) is 4.78. The van der Waals surface area contributed by atoms with Crippen LogP contribution in [0.1, 0.15) is 25.2 Å². The molecular formula is C11H21N3. The lowest BCUT2D eigenvalue weighted by atomic mass is 9.93. The summed E-state index contributed by atoms with van der Waals surface area (Å²) in [5.41, 5.74) is 2.59. The summed E-state index contributed by atoms with van der Waals surface area (Å²) in [7, 11) is 1.99. The summed E-state index contributed by atoms with van der Waals surface area (Å²) in [6.45, 7) is 10.6. The molecule has 0 aliphatic carbocycles. The third-order valence-electron chi connectivity index (χ3n) is 2.34. The molecule has 0 spiro atoms. The van der Waals surface area contributed by atoms with Gasteiger partial charge in [-0.3, -0.25) is 4.68 Å². The first kappa shape index (κ1) is 11.2. The molecule has 0 aliphatic rings. The van der Waals surface area contributed by atoms with Crippen LogP contribution in [0.2, 0.25) is 0 Å². The highest BCUT2D eigenvalue weighted by atomic mass is 15.3. The minimum Gasteiger partial charge on any atom is -0.319 e. The van der Waals surface area contributed by atoms with Crippen LogP contribution in [0.4, 0.5) is 0 Å². The molecule has 0 atom stereocenters. The predicted molar refractivity (Wildman–Crippen MR) is 59.4 cm³/mol. The van der Waals surface area contributed by atoms with E-state index in [-0.39, 0.29) is 5.41 Å². The van der Waals surface area contributed by atoms with Crippen LogP contribution in [0.25, 0.3) is 0 Å². The second kappa shape index (κ2) is 4.13. The molecule has 0 bridgehead atoms.